The standard InChI is InChI=1S/C13H24N2O4/c1-10-8-15(9-13(2,3)19-10)12(18)14-7-5-4-6-11(16)17/h10H,4-9H2,1-3H3,(H,14,18)(H,16,17). The first kappa shape index (κ1) is 15.8. The van der Waals surface area contributed by atoms with Gasteiger partial charge in [0.05, 0.1) is 18.2 Å². The molecule has 1 aliphatic heterocycles. The number of urea groups is 1. The van der Waals surface area contributed by atoms with Crippen LogP contribution in [-0.4, -0.2) is 53.3 Å². The van der Waals surface area contributed by atoms with E-state index < -0.39 is 5.97 Å². The summed E-state index contributed by atoms with van der Waals surface area (Å²) in [6, 6.07) is -0.0986. The maximum atomic E-state index is 12.0. The first-order valence-electron chi connectivity index (χ1n) is 6.72. The summed E-state index contributed by atoms with van der Waals surface area (Å²) in [5.74, 6) is -0.796. The number of carbonyl (C=O) groups is 2. The topological polar surface area (TPSA) is 78.9 Å². The molecule has 1 saturated heterocycles. The zero-order chi connectivity index (χ0) is 14.5. The van der Waals surface area contributed by atoms with Crippen molar-refractivity contribution in [1.29, 1.82) is 0 Å². The first-order valence-corrected chi connectivity index (χ1v) is 6.72. The second-order valence-corrected chi connectivity index (χ2v) is 5.65. The maximum Gasteiger partial charge on any atom is 0.317 e. The molecule has 1 unspecified atom stereocenters. The van der Waals surface area contributed by atoms with Gasteiger partial charge in [0.2, 0.25) is 0 Å². The molecule has 0 aromatic carbocycles. The van der Waals surface area contributed by atoms with Crippen molar-refractivity contribution in [3.63, 3.8) is 0 Å². The van der Waals surface area contributed by atoms with Crippen molar-refractivity contribution in [3.05, 3.63) is 0 Å². The van der Waals surface area contributed by atoms with Crippen LogP contribution in [0.15, 0.2) is 0 Å². The van der Waals surface area contributed by atoms with Crippen LogP contribution in [0.1, 0.15) is 40.0 Å². The Hall–Kier alpha value is -1.30. The zero-order valence-electron chi connectivity index (χ0n) is 11.9. The fraction of sp³-hybridized carbons (Fsp3) is 0.846. The predicted molar refractivity (Wildman–Crippen MR) is 71.1 cm³/mol. The molecular weight excluding hydrogens is 248 g/mol. The molecule has 6 nitrogen and oxygen atoms in total. The second kappa shape index (κ2) is 6.75. The van der Waals surface area contributed by atoms with E-state index in [9.17, 15) is 9.59 Å². The Balaban J connectivity index is 2.27. The van der Waals surface area contributed by atoms with Crippen molar-refractivity contribution >= 4 is 12.0 Å². The quantitative estimate of drug-likeness (QED) is 0.742. The number of rotatable bonds is 5. The van der Waals surface area contributed by atoms with Crippen LogP contribution in [0, 0.1) is 0 Å². The Morgan fingerprint density at radius 3 is 2.68 bits per heavy atom. The Morgan fingerprint density at radius 1 is 1.42 bits per heavy atom. The lowest BCUT2D eigenvalue weighted by Crippen LogP contribution is -2.56. The molecule has 0 saturated carbocycles. The average Bonchev–Trinajstić information content (AvgIpc) is 2.25. The maximum absolute atomic E-state index is 12.0. The number of hydrogen-bond donors (Lipinski definition) is 2. The van der Waals surface area contributed by atoms with Gasteiger partial charge in [-0.05, 0) is 33.6 Å². The van der Waals surface area contributed by atoms with Gasteiger partial charge in [-0.3, -0.25) is 4.79 Å². The molecule has 0 radical (unpaired) electrons. The van der Waals surface area contributed by atoms with Gasteiger partial charge in [-0.25, -0.2) is 4.79 Å². The molecule has 2 N–H and O–H groups in total. The van der Waals surface area contributed by atoms with E-state index in [4.69, 9.17) is 9.84 Å². The highest BCUT2D eigenvalue weighted by Gasteiger charge is 2.33. The van der Waals surface area contributed by atoms with E-state index in [1.807, 2.05) is 20.8 Å². The van der Waals surface area contributed by atoms with Crippen molar-refractivity contribution in [2.24, 2.45) is 0 Å². The minimum absolute atomic E-state index is 0.0292. The van der Waals surface area contributed by atoms with Crippen molar-refractivity contribution in [2.45, 2.75) is 51.7 Å². The molecule has 1 heterocycles. The number of carboxylic acids is 1. The molecule has 1 aliphatic rings. The van der Waals surface area contributed by atoms with Crippen molar-refractivity contribution in [1.82, 2.24) is 10.2 Å². The monoisotopic (exact) mass is 272 g/mol. The summed E-state index contributed by atoms with van der Waals surface area (Å²) >= 11 is 0. The van der Waals surface area contributed by atoms with Crippen LogP contribution in [0.25, 0.3) is 0 Å². The van der Waals surface area contributed by atoms with Gasteiger partial charge in [0.15, 0.2) is 0 Å². The van der Waals surface area contributed by atoms with Crippen molar-refractivity contribution in [3.8, 4) is 0 Å². The second-order valence-electron chi connectivity index (χ2n) is 5.65. The fourth-order valence-electron chi connectivity index (χ4n) is 2.32. The third-order valence-corrected chi connectivity index (χ3v) is 2.95. The van der Waals surface area contributed by atoms with Gasteiger partial charge >= 0.3 is 12.0 Å². The number of amides is 2. The average molecular weight is 272 g/mol. The molecule has 0 spiro atoms. The van der Waals surface area contributed by atoms with Crippen LogP contribution in [0.2, 0.25) is 0 Å². The van der Waals surface area contributed by atoms with Crippen LogP contribution >= 0.6 is 0 Å². The lowest BCUT2D eigenvalue weighted by Gasteiger charge is -2.41. The van der Waals surface area contributed by atoms with Crippen LogP contribution in [0.3, 0.4) is 0 Å². The van der Waals surface area contributed by atoms with E-state index in [1.54, 1.807) is 4.90 Å². The summed E-state index contributed by atoms with van der Waals surface area (Å²) in [4.78, 5) is 24.1. The summed E-state index contributed by atoms with van der Waals surface area (Å²) in [5.41, 5.74) is -0.321. The Kier molecular flexibility index (Phi) is 5.60. The molecule has 110 valence electrons. The molecule has 0 aromatic rings. The van der Waals surface area contributed by atoms with Gasteiger partial charge in [-0.1, -0.05) is 0 Å². The third kappa shape index (κ3) is 5.92. The van der Waals surface area contributed by atoms with E-state index in [2.05, 4.69) is 5.32 Å². The summed E-state index contributed by atoms with van der Waals surface area (Å²) < 4.78 is 5.74. The Bertz CT molecular complexity index is 331. The van der Waals surface area contributed by atoms with E-state index in [0.29, 0.717) is 32.5 Å². The van der Waals surface area contributed by atoms with Crippen LogP contribution in [-0.2, 0) is 9.53 Å². The number of morpholine rings is 1. The number of carbonyl (C=O) groups excluding carboxylic acids is 1. The molecule has 19 heavy (non-hydrogen) atoms. The largest absolute Gasteiger partial charge is 0.481 e. The summed E-state index contributed by atoms with van der Waals surface area (Å²) in [6.45, 7) is 7.56. The van der Waals surface area contributed by atoms with E-state index in [-0.39, 0.29) is 24.2 Å². The summed E-state index contributed by atoms with van der Waals surface area (Å²) in [7, 11) is 0. The van der Waals surface area contributed by atoms with E-state index in [0.717, 1.165) is 0 Å². The molecule has 0 aliphatic carbocycles. The van der Waals surface area contributed by atoms with E-state index >= 15 is 0 Å². The number of carboxylic acid groups (broad SMARTS) is 1. The minimum Gasteiger partial charge on any atom is -0.481 e. The predicted octanol–water partition coefficient (Wildman–Crippen LogP) is 1.45. The summed E-state index contributed by atoms with van der Waals surface area (Å²) in [5, 5.41) is 11.3. The van der Waals surface area contributed by atoms with Gasteiger partial charge < -0.3 is 20.1 Å². The van der Waals surface area contributed by atoms with Crippen molar-refractivity contribution in [2.75, 3.05) is 19.6 Å². The molecule has 1 atom stereocenters. The normalized spacial score (nSPS) is 22.1. The lowest BCUT2D eigenvalue weighted by atomic mass is 10.1. The van der Waals surface area contributed by atoms with Gasteiger partial charge in [0.25, 0.3) is 0 Å². The molecule has 6 heteroatoms. The highest BCUT2D eigenvalue weighted by molar-refractivity contribution is 5.74. The molecule has 1 rings (SSSR count). The molecule has 0 aromatic heterocycles. The first-order chi connectivity index (χ1) is 8.80. The number of unbranched alkanes of at least 4 members (excludes halogenated alkanes) is 1. The number of nitrogens with zero attached hydrogens (tertiary/aromatic N) is 1. The van der Waals surface area contributed by atoms with Gasteiger partial charge in [0, 0.05) is 19.5 Å². The van der Waals surface area contributed by atoms with Gasteiger partial charge in [-0.2, -0.15) is 0 Å². The minimum atomic E-state index is -0.796. The fourth-order valence-corrected chi connectivity index (χ4v) is 2.32. The van der Waals surface area contributed by atoms with Crippen LogP contribution in [0.4, 0.5) is 4.79 Å². The number of aliphatic carboxylic acids is 1. The SMILES string of the molecule is CC1CN(C(=O)NCCCCC(=O)O)CC(C)(C)O1. The Labute approximate surface area is 114 Å². The number of ether oxygens (including phenoxy) is 1. The van der Waals surface area contributed by atoms with Crippen LogP contribution in [0.5, 0.6) is 0 Å². The molecule has 2 amide bonds. The Morgan fingerprint density at radius 2 is 2.11 bits per heavy atom. The zero-order valence-corrected chi connectivity index (χ0v) is 11.9. The lowest BCUT2D eigenvalue weighted by molar-refractivity contribution is -0.137. The molecular formula is C13H24N2O4. The van der Waals surface area contributed by atoms with Gasteiger partial charge in [-0.15, -0.1) is 0 Å². The number of hydrogen-bond acceptors (Lipinski definition) is 3. The highest BCUT2D eigenvalue weighted by Crippen LogP contribution is 2.20. The molecule has 1 fully saturated rings. The van der Waals surface area contributed by atoms with Gasteiger partial charge in [0.1, 0.15) is 0 Å². The highest BCUT2D eigenvalue weighted by atomic mass is 16.5. The molecule has 0 bridgehead atoms. The summed E-state index contributed by atoms with van der Waals surface area (Å²) in [6.07, 6.45) is 1.45. The van der Waals surface area contributed by atoms with E-state index in [1.165, 1.54) is 0 Å². The smallest absolute Gasteiger partial charge is 0.317 e. The van der Waals surface area contributed by atoms with Crippen LogP contribution < -0.4 is 5.32 Å². The van der Waals surface area contributed by atoms with Crippen molar-refractivity contribution < 1.29 is 19.4 Å². The third-order valence-electron chi connectivity index (χ3n) is 2.95. The number of nitrogens with one attached hydrogen (secondary N) is 1.